The fourth-order valence-corrected chi connectivity index (χ4v) is 3.24. The molecule has 0 unspecified atom stereocenters. The lowest BCUT2D eigenvalue weighted by Gasteiger charge is -2.35. The van der Waals surface area contributed by atoms with Gasteiger partial charge in [-0.25, -0.2) is 0 Å². The van der Waals surface area contributed by atoms with Crippen LogP contribution < -0.4 is 14.5 Å². The van der Waals surface area contributed by atoms with Crippen LogP contribution in [0.5, 0.6) is 5.75 Å². The molecule has 106 valence electrons. The van der Waals surface area contributed by atoms with E-state index in [0.29, 0.717) is 0 Å². The number of aromatic nitrogens is 2. The van der Waals surface area contributed by atoms with Crippen molar-refractivity contribution >= 4 is 34.4 Å². The molecule has 1 aliphatic heterocycles. The fraction of sp³-hybridized carbons (Fsp3) is 0.385. The summed E-state index contributed by atoms with van der Waals surface area (Å²) in [6, 6.07) is 8.21. The third-order valence-corrected chi connectivity index (χ3v) is 4.56. The summed E-state index contributed by atoms with van der Waals surface area (Å²) < 4.78 is 5.92. The molecule has 7 heteroatoms. The van der Waals surface area contributed by atoms with Crippen LogP contribution in [0.1, 0.15) is 0 Å². The second-order valence-electron chi connectivity index (χ2n) is 4.57. The van der Waals surface area contributed by atoms with Crippen LogP contribution in [0.3, 0.4) is 0 Å². The number of methoxy groups -OCH3 is 1. The summed E-state index contributed by atoms with van der Waals surface area (Å²) in [5.74, 6) is 0.892. The minimum Gasteiger partial charge on any atom is -0.497 e. The van der Waals surface area contributed by atoms with Gasteiger partial charge in [-0.3, -0.25) is 5.10 Å². The molecule has 1 aromatic heterocycles. The van der Waals surface area contributed by atoms with Crippen molar-refractivity contribution in [2.75, 3.05) is 43.1 Å². The molecule has 1 aromatic carbocycles. The SMILES string of the molecule is COc1ccc(N2CCN(c3n[nH]c(=S)s3)CC2)cc1. The van der Waals surface area contributed by atoms with E-state index in [4.69, 9.17) is 17.0 Å². The highest BCUT2D eigenvalue weighted by Crippen LogP contribution is 2.23. The van der Waals surface area contributed by atoms with Crippen LogP contribution in [-0.4, -0.2) is 43.5 Å². The molecule has 0 amide bonds. The quantitative estimate of drug-likeness (QED) is 0.883. The van der Waals surface area contributed by atoms with Gasteiger partial charge in [-0.1, -0.05) is 11.3 Å². The van der Waals surface area contributed by atoms with Crippen molar-refractivity contribution in [3.8, 4) is 5.75 Å². The van der Waals surface area contributed by atoms with Gasteiger partial charge in [0.25, 0.3) is 0 Å². The molecule has 5 nitrogen and oxygen atoms in total. The lowest BCUT2D eigenvalue weighted by atomic mass is 10.2. The predicted molar refractivity (Wildman–Crippen MR) is 84.7 cm³/mol. The molecule has 0 bridgehead atoms. The molecule has 2 heterocycles. The zero-order valence-electron chi connectivity index (χ0n) is 11.2. The molecule has 0 spiro atoms. The number of aromatic amines is 1. The Labute approximate surface area is 126 Å². The first kappa shape index (κ1) is 13.4. The Morgan fingerprint density at radius 3 is 2.35 bits per heavy atom. The van der Waals surface area contributed by atoms with Crippen molar-refractivity contribution in [3.05, 3.63) is 28.2 Å². The summed E-state index contributed by atoms with van der Waals surface area (Å²) in [5.41, 5.74) is 1.24. The maximum absolute atomic E-state index is 5.19. The molecule has 1 aliphatic rings. The number of piperazine rings is 1. The van der Waals surface area contributed by atoms with Crippen molar-refractivity contribution in [3.63, 3.8) is 0 Å². The smallest absolute Gasteiger partial charge is 0.207 e. The van der Waals surface area contributed by atoms with E-state index < -0.39 is 0 Å². The average Bonchev–Trinajstić information content (AvgIpc) is 2.94. The van der Waals surface area contributed by atoms with E-state index >= 15 is 0 Å². The van der Waals surface area contributed by atoms with Crippen LogP contribution in [0.2, 0.25) is 0 Å². The number of hydrogen-bond donors (Lipinski definition) is 1. The second-order valence-corrected chi connectivity index (χ2v) is 6.21. The van der Waals surface area contributed by atoms with Gasteiger partial charge in [0.05, 0.1) is 7.11 Å². The molecular weight excluding hydrogens is 292 g/mol. The number of benzene rings is 1. The Balaban J connectivity index is 1.64. The molecule has 0 saturated carbocycles. The zero-order valence-corrected chi connectivity index (χ0v) is 12.8. The van der Waals surface area contributed by atoms with Crippen molar-refractivity contribution in [2.45, 2.75) is 0 Å². The zero-order chi connectivity index (χ0) is 13.9. The van der Waals surface area contributed by atoms with Gasteiger partial charge in [-0.05, 0) is 36.5 Å². The number of nitrogens with zero attached hydrogens (tertiary/aromatic N) is 3. The topological polar surface area (TPSA) is 44.4 Å². The van der Waals surface area contributed by atoms with E-state index in [1.54, 1.807) is 7.11 Å². The van der Waals surface area contributed by atoms with Gasteiger partial charge < -0.3 is 14.5 Å². The molecular formula is C13H16N4OS2. The molecule has 0 atom stereocenters. The highest BCUT2D eigenvalue weighted by atomic mass is 32.1. The minimum absolute atomic E-state index is 0.734. The minimum atomic E-state index is 0.734. The summed E-state index contributed by atoms with van der Waals surface area (Å²) in [6.45, 7) is 3.89. The van der Waals surface area contributed by atoms with Gasteiger partial charge in [0, 0.05) is 31.9 Å². The first-order chi connectivity index (χ1) is 9.76. The maximum Gasteiger partial charge on any atom is 0.207 e. The van der Waals surface area contributed by atoms with E-state index in [1.165, 1.54) is 17.0 Å². The second kappa shape index (κ2) is 5.80. The number of nitrogens with one attached hydrogen (secondary N) is 1. The maximum atomic E-state index is 5.19. The predicted octanol–water partition coefficient (Wildman–Crippen LogP) is 2.54. The highest BCUT2D eigenvalue weighted by Gasteiger charge is 2.19. The van der Waals surface area contributed by atoms with E-state index in [9.17, 15) is 0 Å². The lowest BCUT2D eigenvalue weighted by molar-refractivity contribution is 0.415. The molecule has 1 saturated heterocycles. The summed E-state index contributed by atoms with van der Waals surface area (Å²) in [6.07, 6.45) is 0. The number of anilines is 2. The van der Waals surface area contributed by atoms with Gasteiger partial charge >= 0.3 is 0 Å². The molecule has 0 aliphatic carbocycles. The third-order valence-electron chi connectivity index (χ3n) is 3.41. The van der Waals surface area contributed by atoms with Crippen LogP contribution in [-0.2, 0) is 0 Å². The Morgan fingerprint density at radius 1 is 1.15 bits per heavy atom. The molecule has 20 heavy (non-hydrogen) atoms. The average molecular weight is 308 g/mol. The van der Waals surface area contributed by atoms with E-state index in [0.717, 1.165) is 41.0 Å². The van der Waals surface area contributed by atoms with Crippen LogP contribution in [0.15, 0.2) is 24.3 Å². The van der Waals surface area contributed by atoms with Crippen molar-refractivity contribution < 1.29 is 4.74 Å². The number of hydrogen-bond acceptors (Lipinski definition) is 6. The summed E-state index contributed by atoms with van der Waals surface area (Å²) in [5, 5.41) is 8.07. The van der Waals surface area contributed by atoms with E-state index in [2.05, 4.69) is 32.1 Å². The van der Waals surface area contributed by atoms with Crippen molar-refractivity contribution in [2.24, 2.45) is 0 Å². The van der Waals surface area contributed by atoms with Crippen LogP contribution in [0, 0.1) is 3.95 Å². The first-order valence-corrected chi connectivity index (χ1v) is 7.68. The summed E-state index contributed by atoms with van der Waals surface area (Å²) >= 11 is 6.61. The molecule has 1 N–H and O–H groups in total. The highest BCUT2D eigenvalue weighted by molar-refractivity contribution is 7.73. The van der Waals surface area contributed by atoms with Gasteiger partial charge in [0.15, 0.2) is 3.95 Å². The first-order valence-electron chi connectivity index (χ1n) is 6.46. The normalized spacial score (nSPS) is 15.4. The van der Waals surface area contributed by atoms with Gasteiger partial charge in [0.1, 0.15) is 5.75 Å². The number of H-pyrrole nitrogens is 1. The molecule has 3 rings (SSSR count). The summed E-state index contributed by atoms with van der Waals surface area (Å²) in [4.78, 5) is 4.65. The van der Waals surface area contributed by atoms with Crippen LogP contribution in [0.4, 0.5) is 10.8 Å². The van der Waals surface area contributed by atoms with Crippen molar-refractivity contribution in [1.82, 2.24) is 10.2 Å². The Kier molecular flexibility index (Phi) is 3.88. The number of rotatable bonds is 3. The molecule has 1 fully saturated rings. The Bertz CT molecular complexity index is 614. The Morgan fingerprint density at radius 2 is 1.80 bits per heavy atom. The van der Waals surface area contributed by atoms with Gasteiger partial charge in [-0.15, -0.1) is 5.10 Å². The van der Waals surface area contributed by atoms with Crippen molar-refractivity contribution in [1.29, 1.82) is 0 Å². The monoisotopic (exact) mass is 308 g/mol. The summed E-state index contributed by atoms with van der Waals surface area (Å²) in [7, 11) is 1.69. The molecule has 0 radical (unpaired) electrons. The lowest BCUT2D eigenvalue weighted by Crippen LogP contribution is -2.46. The van der Waals surface area contributed by atoms with Crippen LogP contribution in [0.25, 0.3) is 0 Å². The molecule has 2 aromatic rings. The Hall–Kier alpha value is -1.60. The van der Waals surface area contributed by atoms with Crippen LogP contribution >= 0.6 is 23.6 Å². The standard InChI is InChI=1S/C13H16N4OS2/c1-18-11-4-2-10(3-5-11)16-6-8-17(9-7-16)12-14-15-13(19)20-12/h2-5H,6-9H2,1H3,(H,15,19). The van der Waals surface area contributed by atoms with Gasteiger partial charge in [-0.2, -0.15) is 0 Å². The fourth-order valence-electron chi connectivity index (χ4n) is 2.31. The largest absolute Gasteiger partial charge is 0.497 e. The third kappa shape index (κ3) is 2.78. The van der Waals surface area contributed by atoms with E-state index in [1.807, 2.05) is 12.1 Å². The number of ether oxygens (including phenoxy) is 1. The van der Waals surface area contributed by atoms with E-state index in [-0.39, 0.29) is 0 Å². The van der Waals surface area contributed by atoms with Gasteiger partial charge in [0.2, 0.25) is 5.13 Å².